The molecule has 1 aromatic heterocycles. The molecule has 10 heteroatoms. The van der Waals surface area contributed by atoms with Gasteiger partial charge in [-0.3, -0.25) is 10.1 Å². The van der Waals surface area contributed by atoms with E-state index in [1.165, 1.54) is 6.07 Å². The molecule has 4 nitrogen and oxygen atoms in total. The molecular formula is C11H3ClF5N3O. The minimum absolute atomic E-state index is 0.0993. The number of nitrogens with one attached hydrogen (secondary N) is 1. The van der Waals surface area contributed by atoms with Gasteiger partial charge in [0.1, 0.15) is 10.7 Å². The number of hydrogen-bond donors (Lipinski definition) is 1. The number of benzene rings is 1. The van der Waals surface area contributed by atoms with Crippen molar-refractivity contribution in [3.05, 3.63) is 52.1 Å². The average molecular weight is 324 g/mol. The van der Waals surface area contributed by atoms with E-state index in [4.69, 9.17) is 11.6 Å². The predicted octanol–water partition coefficient (Wildman–Crippen LogP) is 3.08. The summed E-state index contributed by atoms with van der Waals surface area (Å²) in [5.41, 5.74) is -1.64. The molecule has 1 amide bonds. The topological polar surface area (TPSA) is 54.9 Å². The number of carbonyl (C=O) groups excluding carboxylic acids is 1. The highest BCUT2D eigenvalue weighted by Gasteiger charge is 2.30. The van der Waals surface area contributed by atoms with Crippen LogP contribution >= 0.6 is 11.6 Å². The van der Waals surface area contributed by atoms with Crippen LogP contribution < -0.4 is 5.32 Å². The van der Waals surface area contributed by atoms with E-state index < -0.39 is 46.5 Å². The highest BCUT2D eigenvalue weighted by Crippen LogP contribution is 2.23. The van der Waals surface area contributed by atoms with Crippen molar-refractivity contribution in [1.29, 1.82) is 0 Å². The molecule has 0 bridgehead atoms. The van der Waals surface area contributed by atoms with Crippen LogP contribution in [0.4, 0.5) is 27.9 Å². The van der Waals surface area contributed by atoms with E-state index in [0.717, 1.165) is 6.20 Å². The monoisotopic (exact) mass is 323 g/mol. The highest BCUT2D eigenvalue weighted by atomic mass is 35.5. The summed E-state index contributed by atoms with van der Waals surface area (Å²) in [6.07, 6.45) is 1.11. The lowest BCUT2D eigenvalue weighted by Crippen LogP contribution is -2.20. The first-order chi connectivity index (χ1) is 9.82. The van der Waals surface area contributed by atoms with Gasteiger partial charge in [0, 0.05) is 6.20 Å². The Balaban J connectivity index is 2.45. The molecule has 2 rings (SSSR count). The van der Waals surface area contributed by atoms with E-state index in [1.54, 1.807) is 5.32 Å². The van der Waals surface area contributed by atoms with Crippen molar-refractivity contribution in [3.63, 3.8) is 0 Å². The van der Waals surface area contributed by atoms with Crippen LogP contribution in [-0.4, -0.2) is 15.9 Å². The second-order valence-corrected chi connectivity index (χ2v) is 3.99. The maximum absolute atomic E-state index is 13.4. The number of nitrogens with zero attached hydrogens (tertiary/aromatic N) is 2. The third kappa shape index (κ3) is 2.77. The Kier molecular flexibility index (Phi) is 4.03. The summed E-state index contributed by atoms with van der Waals surface area (Å²) in [7, 11) is 0. The molecule has 1 N–H and O–H groups in total. The maximum atomic E-state index is 13.4. The van der Waals surface area contributed by atoms with Crippen LogP contribution in [0.1, 0.15) is 10.4 Å². The van der Waals surface area contributed by atoms with Gasteiger partial charge in [-0.15, -0.1) is 0 Å². The van der Waals surface area contributed by atoms with Crippen molar-refractivity contribution >= 4 is 23.5 Å². The lowest BCUT2D eigenvalue weighted by molar-refractivity contribution is 0.101. The van der Waals surface area contributed by atoms with Gasteiger partial charge in [0.2, 0.25) is 11.8 Å². The largest absolute Gasteiger partial charge is 0.290 e. The summed E-state index contributed by atoms with van der Waals surface area (Å²) in [6, 6.07) is 1.25. The Labute approximate surface area is 118 Å². The van der Waals surface area contributed by atoms with Crippen LogP contribution in [0.25, 0.3) is 0 Å². The smallest absolute Gasteiger partial charge is 0.264 e. The van der Waals surface area contributed by atoms with Crippen molar-refractivity contribution in [1.82, 2.24) is 9.97 Å². The zero-order valence-electron chi connectivity index (χ0n) is 9.73. The summed E-state index contributed by atoms with van der Waals surface area (Å²) in [5.74, 6) is -13.4. The summed E-state index contributed by atoms with van der Waals surface area (Å²) in [5, 5.41) is 1.67. The minimum atomic E-state index is -2.36. The fourth-order valence-corrected chi connectivity index (χ4v) is 1.50. The van der Waals surface area contributed by atoms with Crippen LogP contribution in [0.3, 0.4) is 0 Å². The van der Waals surface area contributed by atoms with Crippen molar-refractivity contribution < 1.29 is 26.7 Å². The quantitative estimate of drug-likeness (QED) is 0.400. The van der Waals surface area contributed by atoms with Crippen molar-refractivity contribution in [2.45, 2.75) is 0 Å². The van der Waals surface area contributed by atoms with Crippen LogP contribution in [0.2, 0.25) is 5.15 Å². The molecule has 0 saturated carbocycles. The Morgan fingerprint density at radius 2 is 1.52 bits per heavy atom. The van der Waals surface area contributed by atoms with Gasteiger partial charge < -0.3 is 0 Å². The Bertz CT molecular complexity index is 711. The second-order valence-electron chi connectivity index (χ2n) is 3.60. The number of aromatic nitrogens is 2. The molecule has 0 saturated heterocycles. The van der Waals surface area contributed by atoms with Gasteiger partial charge in [0.15, 0.2) is 23.3 Å². The minimum Gasteiger partial charge on any atom is -0.290 e. The lowest BCUT2D eigenvalue weighted by atomic mass is 10.1. The molecule has 0 unspecified atom stereocenters. The van der Waals surface area contributed by atoms with E-state index >= 15 is 0 Å². The van der Waals surface area contributed by atoms with E-state index in [0.29, 0.717) is 0 Å². The molecule has 0 radical (unpaired) electrons. The highest BCUT2D eigenvalue weighted by molar-refractivity contribution is 6.29. The standard InChI is InChI=1S/C11H3ClF5N3O/c12-3-1-2-18-11(19-3)20-10(21)4-5(13)7(15)9(17)8(16)6(4)14/h1-2H,(H,18,19,20,21). The number of carbonyl (C=O) groups is 1. The average Bonchev–Trinajstić information content (AvgIpc) is 2.43. The molecule has 0 fully saturated rings. The normalized spacial score (nSPS) is 10.6. The van der Waals surface area contributed by atoms with E-state index in [1.807, 2.05) is 0 Å². The van der Waals surface area contributed by atoms with Crippen molar-refractivity contribution in [3.8, 4) is 0 Å². The van der Waals surface area contributed by atoms with Crippen LogP contribution in [0, 0.1) is 29.1 Å². The van der Waals surface area contributed by atoms with E-state index in [-0.39, 0.29) is 5.15 Å². The fourth-order valence-electron chi connectivity index (χ4n) is 1.37. The first kappa shape index (κ1) is 15.1. The van der Waals surface area contributed by atoms with Gasteiger partial charge >= 0.3 is 0 Å². The number of amides is 1. The predicted molar refractivity (Wildman–Crippen MR) is 61.2 cm³/mol. The van der Waals surface area contributed by atoms with Gasteiger partial charge in [-0.25, -0.2) is 31.9 Å². The molecule has 0 aliphatic rings. The Morgan fingerprint density at radius 1 is 1.00 bits per heavy atom. The van der Waals surface area contributed by atoms with Gasteiger partial charge in [-0.1, -0.05) is 11.6 Å². The molecule has 0 aliphatic carbocycles. The lowest BCUT2D eigenvalue weighted by Gasteiger charge is -2.08. The number of anilines is 1. The SMILES string of the molecule is O=C(Nc1nccc(Cl)n1)c1c(F)c(F)c(F)c(F)c1F. The summed E-state index contributed by atoms with van der Waals surface area (Å²) >= 11 is 5.49. The van der Waals surface area contributed by atoms with Crippen molar-refractivity contribution in [2.24, 2.45) is 0 Å². The zero-order valence-corrected chi connectivity index (χ0v) is 10.5. The van der Waals surface area contributed by atoms with Crippen molar-refractivity contribution in [2.75, 3.05) is 5.32 Å². The van der Waals surface area contributed by atoms with Crippen LogP contribution in [0.5, 0.6) is 0 Å². The zero-order chi connectivity index (χ0) is 15.7. The summed E-state index contributed by atoms with van der Waals surface area (Å²) in [6.45, 7) is 0. The van der Waals surface area contributed by atoms with Gasteiger partial charge in [-0.2, -0.15) is 0 Å². The number of halogens is 6. The third-order valence-corrected chi connectivity index (χ3v) is 2.49. The van der Waals surface area contributed by atoms with Crippen LogP contribution in [0.15, 0.2) is 12.3 Å². The molecule has 1 aromatic carbocycles. The molecule has 0 spiro atoms. The second kappa shape index (κ2) is 5.60. The third-order valence-electron chi connectivity index (χ3n) is 2.28. The van der Waals surface area contributed by atoms with E-state index in [2.05, 4.69) is 9.97 Å². The first-order valence-corrected chi connectivity index (χ1v) is 5.52. The summed E-state index contributed by atoms with van der Waals surface area (Å²) < 4.78 is 65.6. The Hall–Kier alpha value is -2.29. The number of hydrogen-bond acceptors (Lipinski definition) is 3. The Morgan fingerprint density at radius 3 is 2.05 bits per heavy atom. The van der Waals surface area contributed by atoms with Gasteiger partial charge in [0.25, 0.3) is 5.91 Å². The molecule has 0 aliphatic heterocycles. The number of rotatable bonds is 2. The van der Waals surface area contributed by atoms with Gasteiger partial charge in [0.05, 0.1) is 0 Å². The molecule has 21 heavy (non-hydrogen) atoms. The van der Waals surface area contributed by atoms with Crippen LogP contribution in [-0.2, 0) is 0 Å². The van der Waals surface area contributed by atoms with E-state index in [9.17, 15) is 26.7 Å². The maximum Gasteiger partial charge on any atom is 0.264 e. The molecule has 2 aromatic rings. The molecule has 1 heterocycles. The molecular weight excluding hydrogens is 321 g/mol. The molecule has 0 atom stereocenters. The fraction of sp³-hybridized carbons (Fsp3) is 0. The molecule has 110 valence electrons. The van der Waals surface area contributed by atoms with Gasteiger partial charge in [-0.05, 0) is 6.07 Å². The first-order valence-electron chi connectivity index (χ1n) is 5.14. The summed E-state index contributed by atoms with van der Waals surface area (Å²) in [4.78, 5) is 18.6.